The first-order valence-corrected chi connectivity index (χ1v) is 4.97. The minimum atomic E-state index is 0.268. The second kappa shape index (κ2) is 2.75. The zero-order valence-corrected chi connectivity index (χ0v) is 7.73. The zero-order chi connectivity index (χ0) is 8.60. The van der Waals surface area contributed by atoms with Crippen LogP contribution in [-0.4, -0.2) is 12.5 Å². The quantitative estimate of drug-likeness (QED) is 0.584. The molecule has 1 spiro atoms. The van der Waals surface area contributed by atoms with E-state index in [9.17, 15) is 4.79 Å². The molecule has 12 heavy (non-hydrogen) atoms. The molecule has 1 aliphatic carbocycles. The van der Waals surface area contributed by atoms with Gasteiger partial charge < -0.3 is 5.32 Å². The molecule has 0 bridgehead atoms. The first kappa shape index (κ1) is 8.09. The lowest BCUT2D eigenvalue weighted by molar-refractivity contribution is -0.119. The number of nitrogens with one attached hydrogen (secondary N) is 1. The van der Waals surface area contributed by atoms with Crippen molar-refractivity contribution in [2.45, 2.75) is 39.0 Å². The molecule has 0 radical (unpaired) electrons. The lowest BCUT2D eigenvalue weighted by Crippen LogP contribution is -2.29. The Bertz CT molecular complexity index is 202. The fourth-order valence-corrected chi connectivity index (χ4v) is 2.84. The Hall–Kier alpha value is -0.530. The predicted octanol–water partition coefficient (Wildman–Crippen LogP) is 1.70. The van der Waals surface area contributed by atoms with Crippen molar-refractivity contribution >= 4 is 5.91 Å². The van der Waals surface area contributed by atoms with Gasteiger partial charge in [0.05, 0.1) is 0 Å². The normalized spacial score (nSPS) is 41.8. The van der Waals surface area contributed by atoms with Crippen LogP contribution in [0.3, 0.4) is 0 Å². The van der Waals surface area contributed by atoms with Gasteiger partial charge in [-0.1, -0.05) is 19.8 Å². The molecule has 0 aromatic heterocycles. The molecule has 0 aromatic carbocycles. The molecule has 2 atom stereocenters. The molecule has 2 heteroatoms. The molecule has 1 amide bonds. The standard InChI is InChI=1S/C10H17NO/c1-8-3-2-4-10(5-8)6-9(12)11-7-10/h8H,2-7H2,1H3,(H,11,12). The Kier molecular flexibility index (Phi) is 1.85. The van der Waals surface area contributed by atoms with Crippen molar-refractivity contribution in [3.63, 3.8) is 0 Å². The van der Waals surface area contributed by atoms with Crippen LogP contribution in [0.1, 0.15) is 39.0 Å². The molecule has 1 saturated carbocycles. The average molecular weight is 167 g/mol. The van der Waals surface area contributed by atoms with Gasteiger partial charge in [-0.3, -0.25) is 4.79 Å². The van der Waals surface area contributed by atoms with E-state index in [-0.39, 0.29) is 5.91 Å². The minimum absolute atomic E-state index is 0.268. The largest absolute Gasteiger partial charge is 0.356 e. The lowest BCUT2D eigenvalue weighted by Gasteiger charge is -2.35. The molecule has 0 aromatic rings. The van der Waals surface area contributed by atoms with Gasteiger partial charge in [0.1, 0.15) is 0 Å². The van der Waals surface area contributed by atoms with Crippen molar-refractivity contribution in [2.24, 2.45) is 11.3 Å². The third-order valence-electron chi connectivity index (χ3n) is 3.38. The van der Waals surface area contributed by atoms with Crippen molar-refractivity contribution in [1.82, 2.24) is 5.32 Å². The van der Waals surface area contributed by atoms with Gasteiger partial charge in [-0.2, -0.15) is 0 Å². The van der Waals surface area contributed by atoms with Gasteiger partial charge in [0.25, 0.3) is 0 Å². The van der Waals surface area contributed by atoms with E-state index in [2.05, 4.69) is 12.2 Å². The highest BCUT2D eigenvalue weighted by molar-refractivity contribution is 5.79. The van der Waals surface area contributed by atoms with Crippen molar-refractivity contribution in [3.8, 4) is 0 Å². The van der Waals surface area contributed by atoms with E-state index in [0.29, 0.717) is 5.41 Å². The van der Waals surface area contributed by atoms with Crippen molar-refractivity contribution in [2.75, 3.05) is 6.54 Å². The van der Waals surface area contributed by atoms with E-state index < -0.39 is 0 Å². The maximum Gasteiger partial charge on any atom is 0.220 e. The van der Waals surface area contributed by atoms with E-state index in [1.807, 2.05) is 0 Å². The smallest absolute Gasteiger partial charge is 0.220 e. The van der Waals surface area contributed by atoms with E-state index in [4.69, 9.17) is 0 Å². The molecule has 1 saturated heterocycles. The molecule has 2 nitrogen and oxygen atoms in total. The van der Waals surface area contributed by atoms with Crippen LogP contribution >= 0.6 is 0 Å². The molecule has 1 heterocycles. The van der Waals surface area contributed by atoms with Gasteiger partial charge >= 0.3 is 0 Å². The number of carbonyl (C=O) groups excluding carboxylic acids is 1. The van der Waals surface area contributed by atoms with Crippen LogP contribution in [0.15, 0.2) is 0 Å². The van der Waals surface area contributed by atoms with Gasteiger partial charge in [-0.25, -0.2) is 0 Å². The number of amides is 1. The third-order valence-corrected chi connectivity index (χ3v) is 3.38. The van der Waals surface area contributed by atoms with Crippen LogP contribution in [0.25, 0.3) is 0 Å². The number of hydrogen-bond acceptors (Lipinski definition) is 1. The van der Waals surface area contributed by atoms with Crippen LogP contribution in [0, 0.1) is 11.3 Å². The highest BCUT2D eigenvalue weighted by atomic mass is 16.1. The van der Waals surface area contributed by atoms with Gasteiger partial charge in [0, 0.05) is 13.0 Å². The molecule has 1 aliphatic heterocycles. The summed E-state index contributed by atoms with van der Waals surface area (Å²) in [6.07, 6.45) is 5.98. The number of carbonyl (C=O) groups is 1. The Morgan fingerprint density at radius 2 is 2.42 bits per heavy atom. The Balaban J connectivity index is 2.05. The predicted molar refractivity (Wildman–Crippen MR) is 47.7 cm³/mol. The summed E-state index contributed by atoms with van der Waals surface area (Å²) < 4.78 is 0. The Labute approximate surface area is 73.7 Å². The number of hydrogen-bond donors (Lipinski definition) is 1. The van der Waals surface area contributed by atoms with Crippen LogP contribution in [0.5, 0.6) is 0 Å². The van der Waals surface area contributed by atoms with E-state index in [1.54, 1.807) is 0 Å². The van der Waals surface area contributed by atoms with E-state index in [0.717, 1.165) is 18.9 Å². The summed E-state index contributed by atoms with van der Waals surface area (Å²) in [6, 6.07) is 0. The zero-order valence-electron chi connectivity index (χ0n) is 7.73. The van der Waals surface area contributed by atoms with Crippen LogP contribution in [0.4, 0.5) is 0 Å². The summed E-state index contributed by atoms with van der Waals surface area (Å²) >= 11 is 0. The van der Waals surface area contributed by atoms with Crippen molar-refractivity contribution in [3.05, 3.63) is 0 Å². The SMILES string of the molecule is CC1CCCC2(CNC(=O)C2)C1. The number of rotatable bonds is 0. The summed E-state index contributed by atoms with van der Waals surface area (Å²) in [7, 11) is 0. The van der Waals surface area contributed by atoms with Gasteiger partial charge in [-0.15, -0.1) is 0 Å². The molecule has 68 valence electrons. The second-order valence-electron chi connectivity index (χ2n) is 4.66. The van der Waals surface area contributed by atoms with E-state index >= 15 is 0 Å². The highest BCUT2D eigenvalue weighted by Crippen LogP contribution is 2.43. The summed E-state index contributed by atoms with van der Waals surface area (Å²) in [4.78, 5) is 11.1. The summed E-state index contributed by atoms with van der Waals surface area (Å²) in [6.45, 7) is 3.25. The van der Waals surface area contributed by atoms with Gasteiger partial charge in [-0.05, 0) is 24.2 Å². The fourth-order valence-electron chi connectivity index (χ4n) is 2.84. The molecule has 2 unspecified atom stereocenters. The van der Waals surface area contributed by atoms with Crippen molar-refractivity contribution < 1.29 is 4.79 Å². The topological polar surface area (TPSA) is 29.1 Å². The average Bonchev–Trinajstić information content (AvgIpc) is 2.32. The van der Waals surface area contributed by atoms with Crippen LogP contribution < -0.4 is 5.32 Å². The Morgan fingerprint density at radius 1 is 1.58 bits per heavy atom. The van der Waals surface area contributed by atoms with Gasteiger partial charge in [0.2, 0.25) is 5.91 Å². The highest BCUT2D eigenvalue weighted by Gasteiger charge is 2.40. The second-order valence-corrected chi connectivity index (χ2v) is 4.66. The molecule has 2 fully saturated rings. The molecule has 2 rings (SSSR count). The van der Waals surface area contributed by atoms with Gasteiger partial charge in [0.15, 0.2) is 0 Å². The first-order chi connectivity index (χ1) is 5.70. The van der Waals surface area contributed by atoms with E-state index in [1.165, 1.54) is 25.7 Å². The molecular weight excluding hydrogens is 150 g/mol. The first-order valence-electron chi connectivity index (χ1n) is 4.97. The molecular formula is C10H17NO. The summed E-state index contributed by atoms with van der Waals surface area (Å²) in [5, 5.41) is 2.96. The van der Waals surface area contributed by atoms with Crippen LogP contribution in [-0.2, 0) is 4.79 Å². The van der Waals surface area contributed by atoms with Crippen LogP contribution in [0.2, 0.25) is 0 Å². The molecule has 1 N–H and O–H groups in total. The monoisotopic (exact) mass is 167 g/mol. The summed E-state index contributed by atoms with van der Waals surface area (Å²) in [5.74, 6) is 1.09. The third kappa shape index (κ3) is 1.35. The van der Waals surface area contributed by atoms with Crippen molar-refractivity contribution in [1.29, 1.82) is 0 Å². The fraction of sp³-hybridized carbons (Fsp3) is 0.900. The minimum Gasteiger partial charge on any atom is -0.356 e. The Morgan fingerprint density at radius 3 is 3.00 bits per heavy atom. The maximum absolute atomic E-state index is 11.1. The summed E-state index contributed by atoms with van der Waals surface area (Å²) in [5.41, 5.74) is 0.356. The molecule has 2 aliphatic rings. The maximum atomic E-state index is 11.1. The lowest BCUT2D eigenvalue weighted by atomic mass is 9.69.